The summed E-state index contributed by atoms with van der Waals surface area (Å²) in [5.74, 6) is 0.891. The van der Waals surface area contributed by atoms with E-state index < -0.39 is 12.0 Å². The molecule has 1 unspecified atom stereocenters. The minimum absolute atomic E-state index is 0.338. The maximum Gasteiger partial charge on any atom is 0.326 e. The summed E-state index contributed by atoms with van der Waals surface area (Å²) in [5, 5.41) is 16.3. The van der Waals surface area contributed by atoms with Crippen LogP contribution < -0.4 is 10.6 Å². The van der Waals surface area contributed by atoms with E-state index in [0.717, 1.165) is 40.6 Å². The van der Waals surface area contributed by atoms with Crippen molar-refractivity contribution in [3.63, 3.8) is 0 Å². The van der Waals surface area contributed by atoms with Crippen molar-refractivity contribution in [3.8, 4) is 11.1 Å². The second-order valence-corrected chi connectivity index (χ2v) is 13.0. The summed E-state index contributed by atoms with van der Waals surface area (Å²) < 4.78 is 0. The van der Waals surface area contributed by atoms with E-state index in [2.05, 4.69) is 43.5 Å². The SMILES string of the molecule is CSCC[C@H](NC(=O)c1ccc(CNC(CCCC(C)C)CC2CCCCC2)cc1-c1ccccc1C)C(=O)O. The number of hydrogen-bond donors (Lipinski definition) is 3. The fraction of sp³-hybridized carbons (Fsp3) is 0.588. The quantitative estimate of drug-likeness (QED) is 0.193. The van der Waals surface area contributed by atoms with E-state index in [1.807, 2.05) is 36.6 Å². The Morgan fingerprint density at radius 2 is 1.75 bits per heavy atom. The minimum atomic E-state index is -0.998. The molecule has 3 rings (SSSR count). The number of carboxylic acids is 1. The van der Waals surface area contributed by atoms with E-state index in [-0.39, 0.29) is 5.91 Å². The van der Waals surface area contributed by atoms with Crippen molar-refractivity contribution in [1.29, 1.82) is 0 Å². The molecule has 2 aromatic carbocycles. The second-order valence-electron chi connectivity index (χ2n) is 12.0. The average molecular weight is 567 g/mol. The van der Waals surface area contributed by atoms with Crippen molar-refractivity contribution in [2.24, 2.45) is 11.8 Å². The van der Waals surface area contributed by atoms with E-state index >= 15 is 0 Å². The zero-order valence-electron chi connectivity index (χ0n) is 25.0. The number of nitrogens with one attached hydrogen (secondary N) is 2. The molecule has 6 heteroatoms. The number of hydrogen-bond acceptors (Lipinski definition) is 4. The standard InChI is InChI=1S/C34H50N2O3S/c1-24(2)11-10-15-28(21-26-13-6-5-7-14-26)35-23-27-17-18-30(31(22-27)29-16-9-8-12-25(29)3)33(37)36-32(34(38)39)19-20-40-4/h8-9,12,16-18,22,24,26,28,32,35H,5-7,10-11,13-15,19-21,23H2,1-4H3,(H,36,37)(H,38,39)/t28?,32-/m0/s1. The number of aliphatic carboxylic acids is 1. The number of benzene rings is 2. The molecule has 0 spiro atoms. The highest BCUT2D eigenvalue weighted by Gasteiger charge is 2.23. The van der Waals surface area contributed by atoms with Gasteiger partial charge >= 0.3 is 5.97 Å². The lowest BCUT2D eigenvalue weighted by Crippen LogP contribution is -2.41. The monoisotopic (exact) mass is 566 g/mol. The van der Waals surface area contributed by atoms with Gasteiger partial charge in [0.2, 0.25) is 0 Å². The lowest BCUT2D eigenvalue weighted by molar-refractivity contribution is -0.139. The Kier molecular flexibility index (Phi) is 13.6. The minimum Gasteiger partial charge on any atom is -0.480 e. The Bertz CT molecular complexity index is 1080. The Hall–Kier alpha value is -2.31. The van der Waals surface area contributed by atoms with Crippen LogP contribution in [0.4, 0.5) is 0 Å². The molecule has 1 fully saturated rings. The van der Waals surface area contributed by atoms with Gasteiger partial charge in [-0.25, -0.2) is 4.79 Å². The highest BCUT2D eigenvalue weighted by molar-refractivity contribution is 7.98. The summed E-state index contributed by atoms with van der Waals surface area (Å²) in [4.78, 5) is 25.2. The van der Waals surface area contributed by atoms with Crippen LogP contribution in [0, 0.1) is 18.8 Å². The second kappa shape index (κ2) is 16.8. The molecule has 1 aliphatic rings. The van der Waals surface area contributed by atoms with Gasteiger partial charge in [-0.15, -0.1) is 0 Å². The molecule has 2 atom stereocenters. The summed E-state index contributed by atoms with van der Waals surface area (Å²) in [5.41, 5.74) is 4.60. The highest BCUT2D eigenvalue weighted by Crippen LogP contribution is 2.30. The van der Waals surface area contributed by atoms with E-state index in [1.54, 1.807) is 11.8 Å². The van der Waals surface area contributed by atoms with Crippen molar-refractivity contribution >= 4 is 23.6 Å². The van der Waals surface area contributed by atoms with Crippen LogP contribution in [0.2, 0.25) is 0 Å². The number of carboxylic acid groups (broad SMARTS) is 1. The van der Waals surface area contributed by atoms with Crippen LogP contribution in [-0.2, 0) is 11.3 Å². The lowest BCUT2D eigenvalue weighted by Gasteiger charge is -2.28. The third-order valence-electron chi connectivity index (χ3n) is 8.25. The first-order valence-corrected chi connectivity index (χ1v) is 16.6. The zero-order chi connectivity index (χ0) is 28.9. The topological polar surface area (TPSA) is 78.4 Å². The van der Waals surface area contributed by atoms with Crippen LogP contribution >= 0.6 is 11.8 Å². The van der Waals surface area contributed by atoms with Crippen molar-refractivity contribution in [2.45, 2.75) is 104 Å². The Balaban J connectivity index is 1.81. The van der Waals surface area contributed by atoms with Crippen molar-refractivity contribution in [2.75, 3.05) is 12.0 Å². The molecule has 0 saturated heterocycles. The summed E-state index contributed by atoms with van der Waals surface area (Å²) in [6.07, 6.45) is 14.1. The predicted molar refractivity (Wildman–Crippen MR) is 169 cm³/mol. The zero-order valence-corrected chi connectivity index (χ0v) is 25.8. The maximum atomic E-state index is 13.4. The fourth-order valence-electron chi connectivity index (χ4n) is 5.89. The molecule has 0 heterocycles. The number of rotatable bonds is 16. The van der Waals surface area contributed by atoms with Gasteiger partial charge in [0.25, 0.3) is 5.91 Å². The molecule has 3 N–H and O–H groups in total. The molecule has 0 radical (unpaired) electrons. The summed E-state index contributed by atoms with van der Waals surface area (Å²) in [7, 11) is 0. The number of carbonyl (C=O) groups excluding carboxylic acids is 1. The van der Waals surface area contributed by atoms with Gasteiger partial charge in [-0.1, -0.05) is 89.1 Å². The highest BCUT2D eigenvalue weighted by atomic mass is 32.2. The summed E-state index contributed by atoms with van der Waals surface area (Å²) >= 11 is 1.58. The number of amides is 1. The van der Waals surface area contributed by atoms with Crippen molar-refractivity contribution in [3.05, 3.63) is 59.2 Å². The Morgan fingerprint density at radius 3 is 2.42 bits per heavy atom. The largest absolute Gasteiger partial charge is 0.480 e. The van der Waals surface area contributed by atoms with Crippen LogP contribution in [0.25, 0.3) is 11.1 Å². The first-order chi connectivity index (χ1) is 19.3. The van der Waals surface area contributed by atoms with Gasteiger partial charge in [0.1, 0.15) is 6.04 Å². The molecular weight excluding hydrogens is 516 g/mol. The molecular formula is C34H50N2O3S. The summed E-state index contributed by atoms with van der Waals surface area (Å²) in [6.45, 7) is 7.41. The van der Waals surface area contributed by atoms with Gasteiger partial charge in [-0.2, -0.15) is 11.8 Å². The first-order valence-electron chi connectivity index (χ1n) is 15.2. The van der Waals surface area contributed by atoms with Gasteiger partial charge in [0, 0.05) is 18.2 Å². The molecule has 1 saturated carbocycles. The molecule has 2 aromatic rings. The van der Waals surface area contributed by atoms with Gasteiger partial charge in [0.15, 0.2) is 0 Å². The molecule has 5 nitrogen and oxygen atoms in total. The number of carbonyl (C=O) groups is 2. The van der Waals surface area contributed by atoms with Crippen LogP contribution in [-0.4, -0.2) is 41.1 Å². The van der Waals surface area contributed by atoms with Crippen LogP contribution in [0.3, 0.4) is 0 Å². The van der Waals surface area contributed by atoms with Gasteiger partial charge in [-0.05, 0) is 84.4 Å². The maximum absolute atomic E-state index is 13.4. The van der Waals surface area contributed by atoms with E-state index in [0.29, 0.717) is 23.8 Å². The van der Waals surface area contributed by atoms with Gasteiger partial charge in [-0.3, -0.25) is 4.79 Å². The van der Waals surface area contributed by atoms with Crippen LogP contribution in [0.5, 0.6) is 0 Å². The van der Waals surface area contributed by atoms with Crippen molar-refractivity contribution in [1.82, 2.24) is 10.6 Å². The third kappa shape index (κ3) is 10.3. The average Bonchev–Trinajstić information content (AvgIpc) is 2.94. The molecule has 220 valence electrons. The molecule has 0 aliphatic heterocycles. The normalized spacial score (nSPS) is 15.6. The molecule has 1 aliphatic carbocycles. The Labute approximate surface area is 246 Å². The fourth-order valence-corrected chi connectivity index (χ4v) is 6.36. The third-order valence-corrected chi connectivity index (χ3v) is 8.89. The smallest absolute Gasteiger partial charge is 0.326 e. The van der Waals surface area contributed by atoms with Crippen LogP contribution in [0.1, 0.15) is 99.5 Å². The Morgan fingerprint density at radius 1 is 1.00 bits per heavy atom. The predicted octanol–water partition coefficient (Wildman–Crippen LogP) is 7.85. The van der Waals surface area contributed by atoms with Gasteiger partial charge < -0.3 is 15.7 Å². The molecule has 0 aromatic heterocycles. The molecule has 0 bridgehead atoms. The van der Waals surface area contributed by atoms with E-state index in [4.69, 9.17) is 0 Å². The summed E-state index contributed by atoms with van der Waals surface area (Å²) in [6, 6.07) is 13.7. The van der Waals surface area contributed by atoms with Crippen LogP contribution in [0.15, 0.2) is 42.5 Å². The molecule has 1 amide bonds. The number of thioether (sulfide) groups is 1. The number of aryl methyl sites for hydroxylation is 1. The van der Waals surface area contributed by atoms with Crippen molar-refractivity contribution < 1.29 is 14.7 Å². The first kappa shape index (κ1) is 32.2. The van der Waals surface area contributed by atoms with E-state index in [1.165, 1.54) is 57.8 Å². The van der Waals surface area contributed by atoms with E-state index in [9.17, 15) is 14.7 Å². The van der Waals surface area contributed by atoms with Gasteiger partial charge in [0.05, 0.1) is 0 Å². The molecule has 40 heavy (non-hydrogen) atoms. The lowest BCUT2D eigenvalue weighted by atomic mass is 9.83.